The van der Waals surface area contributed by atoms with Crippen molar-refractivity contribution in [2.45, 2.75) is 40.0 Å². The molecule has 2 aromatic heterocycles. The van der Waals surface area contributed by atoms with Gasteiger partial charge in [-0.1, -0.05) is 32.9 Å². The number of aromatic nitrogens is 2. The van der Waals surface area contributed by atoms with E-state index in [9.17, 15) is 0 Å². The second-order valence-corrected chi connectivity index (χ2v) is 4.08. The molecule has 2 aromatic rings. The predicted molar refractivity (Wildman–Crippen MR) is 76.6 cm³/mol. The summed E-state index contributed by atoms with van der Waals surface area (Å²) < 4.78 is 0. The molecule has 0 amide bonds. The van der Waals surface area contributed by atoms with Gasteiger partial charge in [-0.2, -0.15) is 0 Å². The molecule has 2 heteroatoms. The number of rotatable bonds is 3. The molecule has 0 N–H and O–H groups in total. The predicted octanol–water partition coefficient (Wildman–Crippen LogP) is 3.85. The number of nitrogens with zero attached hydrogens (tertiary/aromatic N) is 2. The molecule has 0 saturated carbocycles. The Labute approximate surface area is 110 Å². The Bertz CT molecular complexity index is 398. The monoisotopic (exact) mass is 242 g/mol. The van der Waals surface area contributed by atoms with E-state index in [1.807, 2.05) is 18.5 Å². The Morgan fingerprint density at radius 2 is 1.56 bits per heavy atom. The van der Waals surface area contributed by atoms with Crippen LogP contribution in [0.2, 0.25) is 0 Å². The highest BCUT2D eigenvalue weighted by Gasteiger charge is 1.89. The summed E-state index contributed by atoms with van der Waals surface area (Å²) in [7, 11) is 0. The summed E-state index contributed by atoms with van der Waals surface area (Å²) in [5.74, 6) is 0. The highest BCUT2D eigenvalue weighted by Crippen LogP contribution is 2.00. The van der Waals surface area contributed by atoms with E-state index in [0.29, 0.717) is 0 Å². The number of hydrogen-bond donors (Lipinski definition) is 0. The van der Waals surface area contributed by atoms with Crippen LogP contribution < -0.4 is 0 Å². The Kier molecular flexibility index (Phi) is 6.70. The summed E-state index contributed by atoms with van der Waals surface area (Å²) in [5, 5.41) is 0. The molecule has 0 unspecified atom stereocenters. The molecule has 0 aliphatic rings. The first-order valence-corrected chi connectivity index (χ1v) is 6.62. The third kappa shape index (κ3) is 5.09. The quantitative estimate of drug-likeness (QED) is 0.817. The van der Waals surface area contributed by atoms with E-state index >= 15 is 0 Å². The number of aryl methyl sites for hydroxylation is 3. The molecule has 0 atom stereocenters. The third-order valence-corrected chi connectivity index (χ3v) is 2.79. The topological polar surface area (TPSA) is 25.8 Å². The van der Waals surface area contributed by atoms with Crippen LogP contribution in [0.25, 0.3) is 0 Å². The molecule has 18 heavy (non-hydrogen) atoms. The smallest absolute Gasteiger partial charge is 0.0401 e. The summed E-state index contributed by atoms with van der Waals surface area (Å²) in [4.78, 5) is 8.22. The van der Waals surface area contributed by atoms with Gasteiger partial charge in [-0.3, -0.25) is 9.97 Å². The van der Waals surface area contributed by atoms with Crippen LogP contribution in [0.15, 0.2) is 42.9 Å². The molecule has 0 bridgehead atoms. The van der Waals surface area contributed by atoms with Gasteiger partial charge in [0, 0.05) is 24.3 Å². The van der Waals surface area contributed by atoms with Crippen molar-refractivity contribution in [2.24, 2.45) is 0 Å². The Balaban J connectivity index is 0.000000184. The number of hydrogen-bond acceptors (Lipinski definition) is 2. The van der Waals surface area contributed by atoms with Crippen LogP contribution in [-0.2, 0) is 19.3 Å². The van der Waals surface area contributed by atoms with Gasteiger partial charge in [-0.25, -0.2) is 0 Å². The van der Waals surface area contributed by atoms with Gasteiger partial charge >= 0.3 is 0 Å². The van der Waals surface area contributed by atoms with Gasteiger partial charge in [-0.05, 0) is 42.5 Å². The minimum absolute atomic E-state index is 1.03. The van der Waals surface area contributed by atoms with Crippen molar-refractivity contribution in [2.75, 3.05) is 0 Å². The fraction of sp³-hybridized carbons (Fsp3) is 0.375. The molecule has 0 aliphatic heterocycles. The van der Waals surface area contributed by atoms with Crippen molar-refractivity contribution in [1.29, 1.82) is 0 Å². The summed E-state index contributed by atoms with van der Waals surface area (Å²) in [6.07, 6.45) is 8.83. The van der Waals surface area contributed by atoms with Crippen LogP contribution in [0.5, 0.6) is 0 Å². The minimum Gasteiger partial charge on any atom is -0.264 e. The van der Waals surface area contributed by atoms with Crippen LogP contribution in [0, 0.1) is 0 Å². The molecule has 0 fully saturated rings. The maximum absolute atomic E-state index is 4.27. The molecule has 0 spiro atoms. The van der Waals surface area contributed by atoms with E-state index < -0.39 is 0 Å². The fourth-order valence-electron chi connectivity index (χ4n) is 1.48. The minimum atomic E-state index is 1.03. The van der Waals surface area contributed by atoms with E-state index in [1.165, 1.54) is 16.8 Å². The summed E-state index contributed by atoms with van der Waals surface area (Å²) in [5.41, 5.74) is 3.79. The average molecular weight is 242 g/mol. The van der Waals surface area contributed by atoms with Crippen molar-refractivity contribution in [3.63, 3.8) is 0 Å². The lowest BCUT2D eigenvalue weighted by molar-refractivity contribution is 1.00. The first-order valence-electron chi connectivity index (χ1n) is 6.62. The zero-order valence-electron chi connectivity index (χ0n) is 11.6. The number of pyridine rings is 2. The fourth-order valence-corrected chi connectivity index (χ4v) is 1.48. The first kappa shape index (κ1) is 14.4. The summed E-state index contributed by atoms with van der Waals surface area (Å²) in [6, 6.07) is 8.27. The Morgan fingerprint density at radius 3 is 1.94 bits per heavy atom. The van der Waals surface area contributed by atoms with Crippen molar-refractivity contribution < 1.29 is 0 Å². The second kappa shape index (κ2) is 8.40. The molecule has 2 rings (SSSR count). The van der Waals surface area contributed by atoms with E-state index in [-0.39, 0.29) is 0 Å². The normalized spacial score (nSPS) is 9.50. The molecule has 0 saturated heterocycles. The lowest BCUT2D eigenvalue weighted by Crippen LogP contribution is -1.87. The zero-order valence-corrected chi connectivity index (χ0v) is 11.6. The van der Waals surface area contributed by atoms with Gasteiger partial charge in [0.25, 0.3) is 0 Å². The van der Waals surface area contributed by atoms with Gasteiger partial charge in [0.1, 0.15) is 0 Å². The van der Waals surface area contributed by atoms with Gasteiger partial charge in [0.05, 0.1) is 0 Å². The zero-order chi connectivity index (χ0) is 13.2. The van der Waals surface area contributed by atoms with E-state index in [4.69, 9.17) is 0 Å². The van der Waals surface area contributed by atoms with E-state index in [2.05, 4.69) is 48.9 Å². The largest absolute Gasteiger partial charge is 0.264 e. The van der Waals surface area contributed by atoms with Crippen molar-refractivity contribution in [3.05, 3.63) is 59.7 Å². The molecule has 0 aliphatic carbocycles. The molecule has 96 valence electrons. The van der Waals surface area contributed by atoms with Gasteiger partial charge < -0.3 is 0 Å². The highest BCUT2D eigenvalue weighted by atomic mass is 14.7. The molecule has 0 radical (unpaired) electrons. The second-order valence-electron chi connectivity index (χ2n) is 4.08. The third-order valence-electron chi connectivity index (χ3n) is 2.79. The van der Waals surface area contributed by atoms with Crippen molar-refractivity contribution in [3.8, 4) is 0 Å². The lowest BCUT2D eigenvalue weighted by atomic mass is 10.2. The van der Waals surface area contributed by atoms with E-state index in [0.717, 1.165) is 19.3 Å². The molecular weight excluding hydrogens is 220 g/mol. The van der Waals surface area contributed by atoms with Crippen LogP contribution in [0.1, 0.15) is 37.6 Å². The molecule has 2 nitrogen and oxygen atoms in total. The summed E-state index contributed by atoms with van der Waals surface area (Å²) in [6.45, 7) is 6.38. The molecule has 0 aromatic carbocycles. The highest BCUT2D eigenvalue weighted by molar-refractivity contribution is 5.13. The SMILES string of the molecule is CCc1ccc(CC)nc1.CCc1cccnc1. The van der Waals surface area contributed by atoms with Crippen LogP contribution in [-0.4, -0.2) is 9.97 Å². The van der Waals surface area contributed by atoms with Gasteiger partial charge in [-0.15, -0.1) is 0 Å². The maximum atomic E-state index is 4.27. The van der Waals surface area contributed by atoms with Crippen molar-refractivity contribution in [1.82, 2.24) is 9.97 Å². The molecule has 2 heterocycles. The van der Waals surface area contributed by atoms with Gasteiger partial charge in [0.2, 0.25) is 0 Å². The Hall–Kier alpha value is -1.70. The van der Waals surface area contributed by atoms with Crippen LogP contribution in [0.4, 0.5) is 0 Å². The lowest BCUT2D eigenvalue weighted by Gasteiger charge is -1.96. The summed E-state index contributed by atoms with van der Waals surface area (Å²) >= 11 is 0. The van der Waals surface area contributed by atoms with Crippen LogP contribution >= 0.6 is 0 Å². The average Bonchev–Trinajstić information content (AvgIpc) is 2.49. The Morgan fingerprint density at radius 1 is 0.833 bits per heavy atom. The van der Waals surface area contributed by atoms with Crippen LogP contribution in [0.3, 0.4) is 0 Å². The van der Waals surface area contributed by atoms with Gasteiger partial charge in [0.15, 0.2) is 0 Å². The molecular formula is C16H22N2. The van der Waals surface area contributed by atoms with Crippen molar-refractivity contribution >= 4 is 0 Å². The standard InChI is InChI=1S/C9H13N.C7H9N/c1-3-8-5-6-9(4-2)10-7-8;1-2-7-4-3-5-8-6-7/h5-7H,3-4H2,1-2H3;3-6H,2H2,1H3. The first-order chi connectivity index (χ1) is 8.80. The van der Waals surface area contributed by atoms with E-state index in [1.54, 1.807) is 6.20 Å². The maximum Gasteiger partial charge on any atom is 0.0401 e.